The van der Waals surface area contributed by atoms with Gasteiger partial charge in [-0.25, -0.2) is 0 Å². The molecule has 108 valence electrons. The molecule has 1 atom stereocenters. The molecular weight excluding hydrogens is 256 g/mol. The number of hydrogen-bond donors (Lipinski definition) is 1. The van der Waals surface area contributed by atoms with E-state index in [1.807, 2.05) is 19.9 Å². The van der Waals surface area contributed by atoms with Crippen molar-refractivity contribution in [1.82, 2.24) is 0 Å². The van der Waals surface area contributed by atoms with Crippen molar-refractivity contribution in [2.75, 3.05) is 18.5 Å². The average molecular weight is 276 g/mol. The number of anilines is 1. The molecule has 2 N–H and O–H groups in total. The maximum Gasteiger partial charge on any atom is 0.310 e. The number of para-hydroxylation sites is 1. The lowest BCUT2D eigenvalue weighted by molar-refractivity contribution is -0.384. The summed E-state index contributed by atoms with van der Waals surface area (Å²) in [5, 5.41) is 20.1. The summed E-state index contributed by atoms with van der Waals surface area (Å²) in [6, 6.07) is 6.67. The van der Waals surface area contributed by atoms with Gasteiger partial charge in [0.25, 0.3) is 0 Å². The standard InChI is InChI=1S/C14H20N4O2/c1-10(2)12(16)7-8-17(3)13-6-4-5-11(9-15)14(13)18(19)20/h4-6,10,12H,7-8,16H2,1-3H3. The summed E-state index contributed by atoms with van der Waals surface area (Å²) in [5.74, 6) is 0.365. The van der Waals surface area contributed by atoms with Crippen molar-refractivity contribution >= 4 is 11.4 Å². The molecule has 1 aromatic rings. The number of rotatable bonds is 6. The first-order valence-electron chi connectivity index (χ1n) is 6.52. The van der Waals surface area contributed by atoms with Crippen LogP contribution in [0, 0.1) is 27.4 Å². The minimum Gasteiger partial charge on any atom is -0.369 e. The lowest BCUT2D eigenvalue weighted by Crippen LogP contribution is -2.32. The number of nitro benzene ring substituents is 1. The molecule has 6 nitrogen and oxygen atoms in total. The SMILES string of the molecule is CC(C)C(N)CCN(C)c1cccc(C#N)c1[N+](=O)[O-]. The first kappa shape index (κ1) is 15.9. The van der Waals surface area contributed by atoms with E-state index in [-0.39, 0.29) is 17.3 Å². The molecule has 0 aliphatic carbocycles. The first-order chi connectivity index (χ1) is 9.38. The quantitative estimate of drug-likeness (QED) is 0.635. The third-order valence-corrected chi connectivity index (χ3v) is 3.38. The minimum absolute atomic E-state index is 0.0515. The summed E-state index contributed by atoms with van der Waals surface area (Å²) in [6.07, 6.45) is 0.738. The fourth-order valence-electron chi connectivity index (χ4n) is 1.92. The van der Waals surface area contributed by atoms with Gasteiger partial charge in [-0.1, -0.05) is 19.9 Å². The predicted octanol–water partition coefficient (Wildman–Crippen LogP) is 2.28. The molecular formula is C14H20N4O2. The maximum atomic E-state index is 11.2. The normalized spacial score (nSPS) is 12.0. The lowest BCUT2D eigenvalue weighted by Gasteiger charge is -2.23. The predicted molar refractivity (Wildman–Crippen MR) is 78.5 cm³/mol. The second kappa shape index (κ2) is 6.87. The smallest absolute Gasteiger partial charge is 0.310 e. The highest BCUT2D eigenvalue weighted by Crippen LogP contribution is 2.30. The van der Waals surface area contributed by atoms with Gasteiger partial charge in [0, 0.05) is 19.6 Å². The fraction of sp³-hybridized carbons (Fsp3) is 0.500. The molecule has 6 heteroatoms. The number of hydrogen-bond acceptors (Lipinski definition) is 5. The Morgan fingerprint density at radius 1 is 1.50 bits per heavy atom. The zero-order valence-electron chi connectivity index (χ0n) is 12.0. The Bertz CT molecular complexity index is 522. The van der Waals surface area contributed by atoms with Crippen LogP contribution in [0.2, 0.25) is 0 Å². The van der Waals surface area contributed by atoms with Gasteiger partial charge in [-0.2, -0.15) is 5.26 Å². The van der Waals surface area contributed by atoms with Crippen molar-refractivity contribution in [2.24, 2.45) is 11.7 Å². The van der Waals surface area contributed by atoms with Gasteiger partial charge in [0.05, 0.1) is 4.92 Å². The lowest BCUT2D eigenvalue weighted by atomic mass is 10.0. The van der Waals surface area contributed by atoms with E-state index in [1.165, 1.54) is 6.07 Å². The van der Waals surface area contributed by atoms with Crippen LogP contribution in [-0.2, 0) is 0 Å². The van der Waals surface area contributed by atoms with E-state index < -0.39 is 4.92 Å². The average Bonchev–Trinajstić information content (AvgIpc) is 2.42. The van der Waals surface area contributed by atoms with Gasteiger partial charge in [0.15, 0.2) is 0 Å². The number of nitro groups is 1. The number of nitrogens with two attached hydrogens (primary N) is 1. The van der Waals surface area contributed by atoms with Gasteiger partial charge >= 0.3 is 5.69 Å². The molecule has 20 heavy (non-hydrogen) atoms. The Morgan fingerprint density at radius 2 is 2.15 bits per heavy atom. The molecule has 1 rings (SSSR count). The molecule has 1 unspecified atom stereocenters. The molecule has 1 aromatic carbocycles. The van der Waals surface area contributed by atoms with E-state index in [2.05, 4.69) is 0 Å². The van der Waals surface area contributed by atoms with Crippen LogP contribution < -0.4 is 10.6 Å². The highest BCUT2D eigenvalue weighted by Gasteiger charge is 2.22. The topological polar surface area (TPSA) is 96.2 Å². The van der Waals surface area contributed by atoms with E-state index in [1.54, 1.807) is 24.1 Å². The molecule has 0 spiro atoms. The van der Waals surface area contributed by atoms with Crippen LogP contribution in [0.25, 0.3) is 0 Å². The van der Waals surface area contributed by atoms with Crippen LogP contribution in [-0.4, -0.2) is 24.6 Å². The van der Waals surface area contributed by atoms with Crippen molar-refractivity contribution in [3.8, 4) is 6.07 Å². The Hall–Kier alpha value is -2.13. The molecule has 0 fully saturated rings. The Balaban J connectivity index is 2.96. The van der Waals surface area contributed by atoms with Gasteiger partial charge in [0.2, 0.25) is 0 Å². The Morgan fingerprint density at radius 3 is 2.65 bits per heavy atom. The van der Waals surface area contributed by atoms with Crippen molar-refractivity contribution in [2.45, 2.75) is 26.3 Å². The van der Waals surface area contributed by atoms with Crippen molar-refractivity contribution < 1.29 is 4.92 Å². The van der Waals surface area contributed by atoms with Gasteiger partial charge in [-0.05, 0) is 24.5 Å². The molecule has 0 radical (unpaired) electrons. The molecule has 0 bridgehead atoms. The van der Waals surface area contributed by atoms with Crippen molar-refractivity contribution in [3.05, 3.63) is 33.9 Å². The second-order valence-corrected chi connectivity index (χ2v) is 5.16. The van der Waals surface area contributed by atoms with E-state index in [4.69, 9.17) is 11.0 Å². The molecule has 0 heterocycles. The van der Waals surface area contributed by atoms with Gasteiger partial charge in [0.1, 0.15) is 17.3 Å². The highest BCUT2D eigenvalue weighted by atomic mass is 16.6. The maximum absolute atomic E-state index is 11.2. The third kappa shape index (κ3) is 3.68. The van der Waals surface area contributed by atoms with Crippen LogP contribution in [0.3, 0.4) is 0 Å². The molecule has 0 saturated heterocycles. The van der Waals surface area contributed by atoms with Gasteiger partial charge in [-0.15, -0.1) is 0 Å². The van der Waals surface area contributed by atoms with E-state index in [0.29, 0.717) is 18.2 Å². The monoisotopic (exact) mass is 276 g/mol. The van der Waals surface area contributed by atoms with E-state index >= 15 is 0 Å². The second-order valence-electron chi connectivity index (χ2n) is 5.16. The summed E-state index contributed by atoms with van der Waals surface area (Å²) in [7, 11) is 1.77. The summed E-state index contributed by atoms with van der Waals surface area (Å²) in [5.41, 5.74) is 6.37. The summed E-state index contributed by atoms with van der Waals surface area (Å²) < 4.78 is 0. The number of nitriles is 1. The van der Waals surface area contributed by atoms with Crippen LogP contribution in [0.4, 0.5) is 11.4 Å². The Kier molecular flexibility index (Phi) is 5.47. The van der Waals surface area contributed by atoms with Crippen LogP contribution in [0.5, 0.6) is 0 Å². The van der Waals surface area contributed by atoms with Crippen LogP contribution >= 0.6 is 0 Å². The first-order valence-corrected chi connectivity index (χ1v) is 6.52. The van der Waals surface area contributed by atoms with E-state index in [0.717, 1.165) is 6.42 Å². The number of nitrogens with zero attached hydrogens (tertiary/aromatic N) is 3. The fourth-order valence-corrected chi connectivity index (χ4v) is 1.92. The molecule has 0 aromatic heterocycles. The summed E-state index contributed by atoms with van der Waals surface area (Å²) >= 11 is 0. The number of benzene rings is 1. The zero-order valence-corrected chi connectivity index (χ0v) is 12.0. The van der Waals surface area contributed by atoms with Crippen LogP contribution in [0.1, 0.15) is 25.8 Å². The van der Waals surface area contributed by atoms with E-state index in [9.17, 15) is 10.1 Å². The zero-order chi connectivity index (χ0) is 15.3. The minimum atomic E-state index is -0.507. The summed E-state index contributed by atoms with van der Waals surface area (Å²) in [4.78, 5) is 12.4. The van der Waals surface area contributed by atoms with Crippen molar-refractivity contribution in [1.29, 1.82) is 5.26 Å². The largest absolute Gasteiger partial charge is 0.369 e. The van der Waals surface area contributed by atoms with Gasteiger partial charge in [-0.3, -0.25) is 10.1 Å². The van der Waals surface area contributed by atoms with Crippen molar-refractivity contribution in [3.63, 3.8) is 0 Å². The van der Waals surface area contributed by atoms with Crippen LogP contribution in [0.15, 0.2) is 18.2 Å². The van der Waals surface area contributed by atoms with Gasteiger partial charge < -0.3 is 10.6 Å². The third-order valence-electron chi connectivity index (χ3n) is 3.38. The molecule has 0 aliphatic heterocycles. The molecule has 0 aliphatic rings. The highest BCUT2D eigenvalue weighted by molar-refractivity contribution is 5.69. The molecule has 0 amide bonds. The summed E-state index contributed by atoms with van der Waals surface area (Å²) in [6.45, 7) is 4.70. The Labute approximate surface area is 118 Å². The molecule has 0 saturated carbocycles.